The molecule has 1 saturated heterocycles. The topological polar surface area (TPSA) is 109 Å². The number of hydrogen-bond acceptors (Lipinski definition) is 5. The molecule has 232 valence electrons. The van der Waals surface area contributed by atoms with Gasteiger partial charge in [0.05, 0.1) is 11.9 Å². The number of alkyl carbamates (subject to hydrolysis) is 1. The molecule has 5 aliphatic rings. The molecule has 0 radical (unpaired) electrons. The van der Waals surface area contributed by atoms with Gasteiger partial charge in [-0.3, -0.25) is 14.7 Å². The zero-order chi connectivity index (χ0) is 29.1. The van der Waals surface area contributed by atoms with Crippen molar-refractivity contribution in [3.63, 3.8) is 0 Å². The Morgan fingerprint density at radius 1 is 0.829 bits per heavy atom. The van der Waals surface area contributed by atoms with E-state index in [1.165, 1.54) is 44.9 Å². The molecule has 5 rings (SSSR count). The Morgan fingerprint density at radius 3 is 2.17 bits per heavy atom. The van der Waals surface area contributed by atoms with E-state index in [1.807, 2.05) is 27.8 Å². The van der Waals surface area contributed by atoms with E-state index in [1.54, 1.807) is 0 Å². The highest BCUT2D eigenvalue weighted by Crippen LogP contribution is 2.46. The maximum absolute atomic E-state index is 13.9. The summed E-state index contributed by atoms with van der Waals surface area (Å²) >= 11 is 0. The molecule has 0 bridgehead atoms. The van der Waals surface area contributed by atoms with E-state index in [0.29, 0.717) is 23.8 Å². The first-order valence-corrected chi connectivity index (χ1v) is 16.9. The van der Waals surface area contributed by atoms with E-state index in [0.717, 1.165) is 75.6 Å². The standard InChI is InChI=1S/C33H57N5O3/c1-33(2,3)41-32(40)37-27-15-13-26(14-16-27)36-31(39)29-18-24-11-12-25(30(34)35-4)19-28(24)38(29)20-21-9-10-22-7-5-6-8-23(22)17-21/h21-29H,5-20H2,1-4H3,(H2,34,35)(H,36,39)(H,37,40). The van der Waals surface area contributed by atoms with Crippen molar-refractivity contribution in [2.45, 2.75) is 147 Å². The SMILES string of the molecule is CN=C(N)C1CCC2CC(C(=O)NC3CCC(NC(=O)OC(C)(C)C)CC3)N(CC3CCC4CCCCC4C3)C2C1. The van der Waals surface area contributed by atoms with Gasteiger partial charge in [-0.1, -0.05) is 25.7 Å². The molecule has 1 aliphatic heterocycles. The number of nitrogens with two attached hydrogens (primary N) is 1. The number of carbonyl (C=O) groups excluding carboxylic acids is 2. The molecule has 4 aliphatic carbocycles. The second kappa shape index (κ2) is 13.2. The van der Waals surface area contributed by atoms with Crippen molar-refractivity contribution in [1.29, 1.82) is 0 Å². The van der Waals surface area contributed by atoms with Crippen molar-refractivity contribution >= 4 is 17.8 Å². The predicted molar refractivity (Wildman–Crippen MR) is 164 cm³/mol. The van der Waals surface area contributed by atoms with E-state index < -0.39 is 5.60 Å². The Bertz CT molecular complexity index is 940. The summed E-state index contributed by atoms with van der Waals surface area (Å²) in [5, 5.41) is 6.49. The van der Waals surface area contributed by atoms with Crippen LogP contribution >= 0.6 is 0 Å². The van der Waals surface area contributed by atoms with Crippen molar-refractivity contribution in [1.82, 2.24) is 15.5 Å². The van der Waals surface area contributed by atoms with Crippen LogP contribution in [-0.2, 0) is 9.53 Å². The third-order valence-electron chi connectivity index (χ3n) is 11.2. The lowest BCUT2D eigenvalue weighted by molar-refractivity contribution is -0.127. The third-order valence-corrected chi connectivity index (χ3v) is 11.2. The number of carbonyl (C=O) groups is 2. The summed E-state index contributed by atoms with van der Waals surface area (Å²) in [6.45, 7) is 6.71. The summed E-state index contributed by atoms with van der Waals surface area (Å²) in [5.41, 5.74) is 5.85. The number of amidine groups is 1. The summed E-state index contributed by atoms with van der Waals surface area (Å²) in [4.78, 5) is 33.1. The van der Waals surface area contributed by atoms with E-state index >= 15 is 0 Å². The molecular weight excluding hydrogens is 514 g/mol. The van der Waals surface area contributed by atoms with Crippen LogP contribution < -0.4 is 16.4 Å². The number of rotatable bonds is 6. The van der Waals surface area contributed by atoms with Gasteiger partial charge in [0, 0.05) is 37.6 Å². The van der Waals surface area contributed by atoms with Gasteiger partial charge >= 0.3 is 6.09 Å². The van der Waals surface area contributed by atoms with Crippen LogP contribution in [0.3, 0.4) is 0 Å². The van der Waals surface area contributed by atoms with Crippen LogP contribution in [0.1, 0.15) is 117 Å². The van der Waals surface area contributed by atoms with Crippen molar-refractivity contribution in [2.24, 2.45) is 40.3 Å². The Kier molecular flexibility index (Phi) is 9.87. The molecule has 0 aromatic heterocycles. The second-order valence-corrected chi connectivity index (χ2v) is 15.1. The van der Waals surface area contributed by atoms with Gasteiger partial charge in [0.1, 0.15) is 5.60 Å². The summed E-state index contributed by atoms with van der Waals surface area (Å²) < 4.78 is 5.44. The van der Waals surface area contributed by atoms with Gasteiger partial charge in [-0.25, -0.2) is 4.79 Å². The van der Waals surface area contributed by atoms with E-state index in [-0.39, 0.29) is 30.1 Å². The molecule has 4 saturated carbocycles. The highest BCUT2D eigenvalue weighted by atomic mass is 16.6. The number of nitrogens with one attached hydrogen (secondary N) is 2. The average molecular weight is 572 g/mol. The van der Waals surface area contributed by atoms with Gasteiger partial charge in [0.2, 0.25) is 5.91 Å². The van der Waals surface area contributed by atoms with Gasteiger partial charge in [-0.05, 0) is 115 Å². The Morgan fingerprint density at radius 2 is 1.49 bits per heavy atom. The Hall–Kier alpha value is -1.83. The number of aliphatic imine (C=N–C) groups is 1. The second-order valence-electron chi connectivity index (χ2n) is 15.1. The lowest BCUT2D eigenvalue weighted by Crippen LogP contribution is -2.52. The van der Waals surface area contributed by atoms with Crippen LogP contribution in [0, 0.1) is 29.6 Å². The maximum Gasteiger partial charge on any atom is 0.407 e. The zero-order valence-electron chi connectivity index (χ0n) is 26.2. The van der Waals surface area contributed by atoms with Gasteiger partial charge in [-0.2, -0.15) is 0 Å². The molecule has 41 heavy (non-hydrogen) atoms. The lowest BCUT2D eigenvalue weighted by atomic mass is 9.67. The quantitative estimate of drug-likeness (QED) is 0.293. The van der Waals surface area contributed by atoms with E-state index in [4.69, 9.17) is 10.5 Å². The maximum atomic E-state index is 13.9. The lowest BCUT2D eigenvalue weighted by Gasteiger charge is -2.43. The third kappa shape index (κ3) is 7.77. The molecule has 2 amide bonds. The van der Waals surface area contributed by atoms with Gasteiger partial charge in [0.15, 0.2) is 0 Å². The van der Waals surface area contributed by atoms with Crippen LogP contribution in [0.5, 0.6) is 0 Å². The monoisotopic (exact) mass is 571 g/mol. The minimum atomic E-state index is -0.496. The minimum absolute atomic E-state index is 0.0368. The number of fused-ring (bicyclic) bond motifs is 2. The molecule has 8 nitrogen and oxygen atoms in total. The number of amides is 2. The highest BCUT2D eigenvalue weighted by Gasteiger charge is 2.48. The molecule has 7 unspecified atom stereocenters. The number of hydrogen-bond donors (Lipinski definition) is 3. The van der Waals surface area contributed by atoms with Crippen molar-refractivity contribution in [3.8, 4) is 0 Å². The van der Waals surface area contributed by atoms with Gasteiger partial charge < -0.3 is 21.1 Å². The van der Waals surface area contributed by atoms with E-state index in [2.05, 4.69) is 20.5 Å². The molecule has 4 N–H and O–H groups in total. The predicted octanol–water partition coefficient (Wildman–Crippen LogP) is 5.39. The van der Waals surface area contributed by atoms with Crippen LogP contribution in [0.15, 0.2) is 4.99 Å². The minimum Gasteiger partial charge on any atom is -0.444 e. The summed E-state index contributed by atoms with van der Waals surface area (Å²) in [7, 11) is 1.81. The number of nitrogens with zero attached hydrogens (tertiary/aromatic N) is 2. The first-order valence-electron chi connectivity index (χ1n) is 16.9. The molecular formula is C33H57N5O3. The van der Waals surface area contributed by atoms with Gasteiger partial charge in [0.25, 0.3) is 0 Å². The summed E-state index contributed by atoms with van der Waals surface area (Å²) in [6, 6.07) is 0.686. The average Bonchev–Trinajstić information content (AvgIpc) is 3.30. The first kappa shape index (κ1) is 30.6. The van der Waals surface area contributed by atoms with Gasteiger partial charge in [-0.15, -0.1) is 0 Å². The van der Waals surface area contributed by atoms with Crippen LogP contribution in [-0.4, -0.2) is 66.1 Å². The van der Waals surface area contributed by atoms with Crippen molar-refractivity contribution < 1.29 is 14.3 Å². The first-order chi connectivity index (χ1) is 19.6. The fourth-order valence-electron chi connectivity index (χ4n) is 9.10. The Labute approximate surface area is 248 Å². The molecule has 1 heterocycles. The molecule has 5 fully saturated rings. The molecule has 0 spiro atoms. The Balaban J connectivity index is 1.20. The zero-order valence-corrected chi connectivity index (χ0v) is 26.2. The van der Waals surface area contributed by atoms with Crippen LogP contribution in [0.4, 0.5) is 4.79 Å². The van der Waals surface area contributed by atoms with Crippen molar-refractivity contribution in [2.75, 3.05) is 13.6 Å². The normalized spacial score (nSPS) is 38.4. The largest absolute Gasteiger partial charge is 0.444 e. The molecule has 0 aromatic carbocycles. The molecule has 0 aromatic rings. The summed E-state index contributed by atoms with van der Waals surface area (Å²) in [6.07, 6.45) is 17.1. The smallest absolute Gasteiger partial charge is 0.407 e. The highest BCUT2D eigenvalue weighted by molar-refractivity contribution is 5.84. The van der Waals surface area contributed by atoms with Crippen LogP contribution in [0.25, 0.3) is 0 Å². The fourth-order valence-corrected chi connectivity index (χ4v) is 9.10. The molecule has 7 atom stereocenters. The molecule has 8 heteroatoms. The van der Waals surface area contributed by atoms with Crippen LogP contribution in [0.2, 0.25) is 0 Å². The van der Waals surface area contributed by atoms with E-state index in [9.17, 15) is 9.59 Å². The number of ether oxygens (including phenoxy) is 1. The fraction of sp³-hybridized carbons (Fsp3) is 0.909. The summed E-state index contributed by atoms with van der Waals surface area (Å²) in [5.74, 6) is 4.48. The van der Waals surface area contributed by atoms with Crippen molar-refractivity contribution in [3.05, 3.63) is 0 Å². The number of likely N-dealkylation sites (tertiary alicyclic amines) is 1.